The lowest BCUT2D eigenvalue weighted by Crippen LogP contribution is -2.29. The van der Waals surface area contributed by atoms with Crippen molar-refractivity contribution >= 4 is 10.9 Å². The molecule has 0 saturated heterocycles. The predicted octanol–water partition coefficient (Wildman–Crippen LogP) is 1.83. The van der Waals surface area contributed by atoms with Crippen LogP contribution in [-0.4, -0.2) is 14.8 Å². The second kappa shape index (κ2) is 5.03. The zero-order chi connectivity index (χ0) is 14.1. The molecule has 2 aromatic heterocycles. The highest BCUT2D eigenvalue weighted by atomic mass is 15.3. The lowest BCUT2D eigenvalue weighted by molar-refractivity contribution is 0.637. The van der Waals surface area contributed by atoms with Gasteiger partial charge in [-0.05, 0) is 24.6 Å². The van der Waals surface area contributed by atoms with Gasteiger partial charge in [0.2, 0.25) is 0 Å². The smallest absolute Gasteiger partial charge is 0.0749 e. The Morgan fingerprint density at radius 1 is 1.20 bits per heavy atom. The predicted molar refractivity (Wildman–Crippen MR) is 78.9 cm³/mol. The van der Waals surface area contributed by atoms with E-state index in [0.29, 0.717) is 0 Å². The van der Waals surface area contributed by atoms with Crippen LogP contribution in [0.1, 0.15) is 22.9 Å². The molecule has 0 bridgehead atoms. The van der Waals surface area contributed by atoms with E-state index in [4.69, 9.17) is 5.84 Å². The molecule has 0 fully saturated rings. The number of fused-ring (bicyclic) bond motifs is 1. The van der Waals surface area contributed by atoms with Crippen molar-refractivity contribution in [3.8, 4) is 0 Å². The number of benzene rings is 1. The van der Waals surface area contributed by atoms with Gasteiger partial charge in [0.15, 0.2) is 0 Å². The van der Waals surface area contributed by atoms with Crippen molar-refractivity contribution in [3.05, 3.63) is 59.5 Å². The second-order valence-corrected chi connectivity index (χ2v) is 4.86. The monoisotopic (exact) mass is 267 g/mol. The summed E-state index contributed by atoms with van der Waals surface area (Å²) >= 11 is 0. The third-order valence-corrected chi connectivity index (χ3v) is 3.52. The maximum Gasteiger partial charge on any atom is 0.0749 e. The summed E-state index contributed by atoms with van der Waals surface area (Å²) in [5.74, 6) is 5.80. The van der Waals surface area contributed by atoms with E-state index in [9.17, 15) is 0 Å². The molecule has 5 nitrogen and oxygen atoms in total. The minimum atomic E-state index is -0.100. The molecular weight excluding hydrogens is 250 g/mol. The van der Waals surface area contributed by atoms with Gasteiger partial charge in [0, 0.05) is 30.4 Å². The van der Waals surface area contributed by atoms with Crippen LogP contribution in [0.2, 0.25) is 0 Å². The van der Waals surface area contributed by atoms with Gasteiger partial charge in [-0.3, -0.25) is 15.5 Å². The Bertz CT molecular complexity index is 742. The molecule has 0 amide bonds. The zero-order valence-corrected chi connectivity index (χ0v) is 11.5. The van der Waals surface area contributed by atoms with E-state index >= 15 is 0 Å². The number of aromatic nitrogens is 3. The number of hydrogen-bond acceptors (Lipinski definition) is 4. The van der Waals surface area contributed by atoms with Crippen molar-refractivity contribution in [2.45, 2.75) is 13.0 Å². The van der Waals surface area contributed by atoms with E-state index < -0.39 is 0 Å². The molecule has 102 valence electrons. The zero-order valence-electron chi connectivity index (χ0n) is 11.5. The average molecular weight is 267 g/mol. The first kappa shape index (κ1) is 12.8. The highest BCUT2D eigenvalue weighted by Gasteiger charge is 2.19. The molecule has 0 aliphatic carbocycles. The highest BCUT2D eigenvalue weighted by Crippen LogP contribution is 2.28. The Morgan fingerprint density at radius 3 is 2.75 bits per heavy atom. The number of rotatable bonds is 3. The number of pyridine rings is 1. The van der Waals surface area contributed by atoms with Crippen molar-refractivity contribution in [3.63, 3.8) is 0 Å². The van der Waals surface area contributed by atoms with Crippen molar-refractivity contribution in [1.82, 2.24) is 20.2 Å². The topological polar surface area (TPSA) is 68.8 Å². The van der Waals surface area contributed by atoms with Crippen LogP contribution in [0.15, 0.2) is 42.7 Å². The maximum atomic E-state index is 5.80. The molecule has 0 aliphatic heterocycles. The minimum absolute atomic E-state index is 0.100. The normalized spacial score (nSPS) is 12.8. The summed E-state index contributed by atoms with van der Waals surface area (Å²) in [6.45, 7) is 1.99. The SMILES string of the molecule is Cc1nn(C)cc1C(NN)c1cccc2ncccc12. The fraction of sp³-hybridized carbons (Fsp3) is 0.200. The standard InChI is InChI=1S/C15H17N5/c1-10-13(9-20(2)19-10)15(18-16)12-5-3-7-14-11(12)6-4-8-17-14/h3-9,15,18H,16H2,1-2H3. The molecule has 0 spiro atoms. The molecule has 0 aliphatic rings. The largest absolute Gasteiger partial charge is 0.275 e. The molecular formula is C15H17N5. The highest BCUT2D eigenvalue weighted by molar-refractivity contribution is 5.83. The number of nitrogens with one attached hydrogen (secondary N) is 1. The van der Waals surface area contributed by atoms with Gasteiger partial charge >= 0.3 is 0 Å². The van der Waals surface area contributed by atoms with Crippen LogP contribution < -0.4 is 11.3 Å². The van der Waals surface area contributed by atoms with Gasteiger partial charge in [0.05, 0.1) is 17.3 Å². The van der Waals surface area contributed by atoms with Crippen molar-refractivity contribution < 1.29 is 0 Å². The Kier molecular flexibility index (Phi) is 3.22. The third kappa shape index (κ3) is 2.07. The Hall–Kier alpha value is -2.24. The van der Waals surface area contributed by atoms with Crippen LogP contribution in [0.25, 0.3) is 10.9 Å². The van der Waals surface area contributed by atoms with Crippen LogP contribution in [-0.2, 0) is 7.05 Å². The fourth-order valence-corrected chi connectivity index (χ4v) is 2.63. The number of hydrazine groups is 1. The molecule has 1 unspecified atom stereocenters. The summed E-state index contributed by atoms with van der Waals surface area (Å²) in [5.41, 5.74) is 7.01. The van der Waals surface area contributed by atoms with Crippen molar-refractivity contribution in [2.75, 3.05) is 0 Å². The van der Waals surface area contributed by atoms with Crippen LogP contribution >= 0.6 is 0 Å². The van der Waals surface area contributed by atoms with Gasteiger partial charge in [-0.15, -0.1) is 0 Å². The number of hydrogen-bond donors (Lipinski definition) is 2. The molecule has 3 N–H and O–H groups in total. The molecule has 5 heteroatoms. The molecule has 2 heterocycles. The molecule has 0 radical (unpaired) electrons. The van der Waals surface area contributed by atoms with Crippen LogP contribution in [0, 0.1) is 6.92 Å². The Morgan fingerprint density at radius 2 is 2.05 bits per heavy atom. The van der Waals surface area contributed by atoms with E-state index in [2.05, 4.69) is 27.6 Å². The van der Waals surface area contributed by atoms with E-state index in [1.165, 1.54) is 0 Å². The van der Waals surface area contributed by atoms with Crippen molar-refractivity contribution in [2.24, 2.45) is 12.9 Å². The lowest BCUT2D eigenvalue weighted by Gasteiger charge is -2.17. The second-order valence-electron chi connectivity index (χ2n) is 4.86. The van der Waals surface area contributed by atoms with E-state index in [1.807, 2.05) is 38.4 Å². The molecule has 20 heavy (non-hydrogen) atoms. The average Bonchev–Trinajstić information content (AvgIpc) is 2.79. The summed E-state index contributed by atoms with van der Waals surface area (Å²) in [5, 5.41) is 5.49. The quantitative estimate of drug-likeness (QED) is 0.561. The van der Waals surface area contributed by atoms with Crippen molar-refractivity contribution in [1.29, 1.82) is 0 Å². The van der Waals surface area contributed by atoms with E-state index in [0.717, 1.165) is 27.7 Å². The number of aryl methyl sites for hydroxylation is 2. The van der Waals surface area contributed by atoms with Gasteiger partial charge in [0.25, 0.3) is 0 Å². The summed E-state index contributed by atoms with van der Waals surface area (Å²) in [6, 6.07) is 9.98. The molecule has 0 saturated carbocycles. The van der Waals surface area contributed by atoms with Gasteiger partial charge in [-0.25, -0.2) is 5.43 Å². The van der Waals surface area contributed by atoms with E-state index in [1.54, 1.807) is 10.9 Å². The first-order chi connectivity index (χ1) is 9.70. The van der Waals surface area contributed by atoms with Gasteiger partial charge < -0.3 is 0 Å². The third-order valence-electron chi connectivity index (χ3n) is 3.52. The first-order valence-corrected chi connectivity index (χ1v) is 6.50. The van der Waals surface area contributed by atoms with Gasteiger partial charge in [-0.1, -0.05) is 18.2 Å². The molecule has 1 atom stereocenters. The summed E-state index contributed by atoms with van der Waals surface area (Å²) < 4.78 is 1.80. The molecule has 1 aromatic carbocycles. The van der Waals surface area contributed by atoms with Crippen LogP contribution in [0.3, 0.4) is 0 Å². The molecule has 3 rings (SSSR count). The summed E-state index contributed by atoms with van der Waals surface area (Å²) in [6.07, 6.45) is 3.79. The molecule has 3 aromatic rings. The number of nitrogens with two attached hydrogens (primary N) is 1. The summed E-state index contributed by atoms with van der Waals surface area (Å²) in [7, 11) is 1.91. The van der Waals surface area contributed by atoms with Crippen LogP contribution in [0.5, 0.6) is 0 Å². The van der Waals surface area contributed by atoms with E-state index in [-0.39, 0.29) is 6.04 Å². The Labute approximate surface area is 117 Å². The minimum Gasteiger partial charge on any atom is -0.275 e. The van der Waals surface area contributed by atoms with Crippen LogP contribution in [0.4, 0.5) is 0 Å². The maximum absolute atomic E-state index is 5.80. The van der Waals surface area contributed by atoms with Gasteiger partial charge in [-0.2, -0.15) is 5.10 Å². The van der Waals surface area contributed by atoms with Gasteiger partial charge in [0.1, 0.15) is 0 Å². The first-order valence-electron chi connectivity index (χ1n) is 6.50. The Balaban J connectivity index is 2.19. The summed E-state index contributed by atoms with van der Waals surface area (Å²) in [4.78, 5) is 4.39. The number of nitrogens with zero attached hydrogens (tertiary/aromatic N) is 3. The fourth-order valence-electron chi connectivity index (χ4n) is 2.63. The lowest BCUT2D eigenvalue weighted by atomic mass is 9.96.